The number of aromatic nitrogens is 3. The van der Waals surface area contributed by atoms with E-state index in [1.54, 1.807) is 32.1 Å². The number of fused-ring (bicyclic) bond motifs is 1. The van der Waals surface area contributed by atoms with Gasteiger partial charge in [-0.05, 0) is 30.7 Å². The zero-order valence-electron chi connectivity index (χ0n) is 11.5. The lowest BCUT2D eigenvalue weighted by molar-refractivity contribution is -0.929. The summed E-state index contributed by atoms with van der Waals surface area (Å²) in [7, 11) is 0. The molecule has 0 radical (unpaired) electrons. The van der Waals surface area contributed by atoms with Crippen LogP contribution in [0.1, 0.15) is 35.1 Å². The number of thiophene rings is 1. The molecule has 0 spiro atoms. The summed E-state index contributed by atoms with van der Waals surface area (Å²) < 4.78 is 1.55. The minimum absolute atomic E-state index is 0.207. The molecule has 1 aliphatic rings. The fraction of sp³-hybridized carbons (Fsp3) is 0.429. The molecule has 110 valence electrons. The van der Waals surface area contributed by atoms with Crippen LogP contribution in [0.5, 0.6) is 5.88 Å². The van der Waals surface area contributed by atoms with Crippen molar-refractivity contribution in [1.82, 2.24) is 14.6 Å². The minimum atomic E-state index is 0.207. The SMILES string of the molecule is Oc1c([C@@H](c2cccs2)[NH+]2CCCCC2)sc2ncnn12. The smallest absolute Gasteiger partial charge is 0.235 e. The molecule has 3 aromatic heterocycles. The summed E-state index contributed by atoms with van der Waals surface area (Å²) in [4.78, 5) is 8.83. The predicted molar refractivity (Wildman–Crippen MR) is 83.2 cm³/mol. The van der Waals surface area contributed by atoms with Crippen LogP contribution in [0.2, 0.25) is 0 Å². The van der Waals surface area contributed by atoms with Crippen LogP contribution in [0.4, 0.5) is 0 Å². The molecular formula is C14H17N4OS2+. The van der Waals surface area contributed by atoms with Gasteiger partial charge in [-0.15, -0.1) is 11.3 Å². The third-order valence-corrected chi connectivity index (χ3v) is 6.17. The van der Waals surface area contributed by atoms with E-state index in [0.29, 0.717) is 0 Å². The number of likely N-dealkylation sites (tertiary alicyclic amines) is 1. The van der Waals surface area contributed by atoms with Crippen LogP contribution in [0, 0.1) is 0 Å². The zero-order chi connectivity index (χ0) is 14.2. The molecule has 5 nitrogen and oxygen atoms in total. The Hall–Kier alpha value is -1.44. The molecule has 0 aliphatic carbocycles. The first-order chi connectivity index (χ1) is 10.3. The largest absolute Gasteiger partial charge is 0.492 e. The fourth-order valence-corrected chi connectivity index (χ4v) is 5.22. The second-order valence-corrected chi connectivity index (χ2v) is 7.40. The van der Waals surface area contributed by atoms with E-state index in [1.807, 2.05) is 0 Å². The Morgan fingerprint density at radius 3 is 2.86 bits per heavy atom. The first-order valence-corrected chi connectivity index (χ1v) is 8.93. The molecule has 1 fully saturated rings. The van der Waals surface area contributed by atoms with E-state index in [9.17, 15) is 5.11 Å². The van der Waals surface area contributed by atoms with Gasteiger partial charge < -0.3 is 10.0 Å². The molecule has 0 amide bonds. The Morgan fingerprint density at radius 1 is 1.29 bits per heavy atom. The Kier molecular flexibility index (Phi) is 3.40. The molecule has 0 saturated carbocycles. The van der Waals surface area contributed by atoms with Gasteiger partial charge >= 0.3 is 0 Å². The predicted octanol–water partition coefficient (Wildman–Crippen LogP) is 1.72. The van der Waals surface area contributed by atoms with Crippen LogP contribution in [-0.4, -0.2) is 32.8 Å². The average molecular weight is 321 g/mol. The van der Waals surface area contributed by atoms with Crippen LogP contribution in [0.3, 0.4) is 0 Å². The Morgan fingerprint density at radius 2 is 2.14 bits per heavy atom. The van der Waals surface area contributed by atoms with Gasteiger partial charge in [-0.1, -0.05) is 17.4 Å². The summed E-state index contributed by atoms with van der Waals surface area (Å²) in [6, 6.07) is 4.47. The quantitative estimate of drug-likeness (QED) is 0.772. The maximum absolute atomic E-state index is 10.5. The number of aromatic hydroxyl groups is 1. The lowest BCUT2D eigenvalue weighted by atomic mass is 10.1. The van der Waals surface area contributed by atoms with E-state index in [4.69, 9.17) is 0 Å². The van der Waals surface area contributed by atoms with Crippen molar-refractivity contribution in [1.29, 1.82) is 0 Å². The third kappa shape index (κ3) is 2.25. The normalized spacial score (nSPS) is 18.3. The highest BCUT2D eigenvalue weighted by molar-refractivity contribution is 7.17. The Labute approximate surface area is 130 Å². The van der Waals surface area contributed by atoms with E-state index in [0.717, 1.165) is 22.9 Å². The van der Waals surface area contributed by atoms with Gasteiger partial charge in [0.2, 0.25) is 10.8 Å². The molecule has 4 heterocycles. The lowest BCUT2D eigenvalue weighted by Gasteiger charge is -2.30. The van der Waals surface area contributed by atoms with Gasteiger partial charge in [0.05, 0.1) is 18.0 Å². The Balaban J connectivity index is 1.81. The molecule has 7 heteroatoms. The van der Waals surface area contributed by atoms with Gasteiger partial charge in [-0.3, -0.25) is 0 Å². The molecule has 3 aromatic rings. The molecule has 21 heavy (non-hydrogen) atoms. The monoisotopic (exact) mass is 321 g/mol. The number of piperidine rings is 1. The van der Waals surface area contributed by atoms with E-state index in [1.165, 1.54) is 30.5 Å². The van der Waals surface area contributed by atoms with E-state index in [2.05, 4.69) is 27.6 Å². The number of hydrogen-bond donors (Lipinski definition) is 2. The van der Waals surface area contributed by atoms with Crippen molar-refractivity contribution in [2.75, 3.05) is 13.1 Å². The molecule has 4 rings (SSSR count). The number of quaternary nitrogens is 1. The molecular weight excluding hydrogens is 304 g/mol. The summed E-state index contributed by atoms with van der Waals surface area (Å²) in [6.07, 6.45) is 5.34. The van der Waals surface area contributed by atoms with Crippen LogP contribution >= 0.6 is 22.7 Å². The highest BCUT2D eigenvalue weighted by Gasteiger charge is 2.33. The topological polar surface area (TPSA) is 54.9 Å². The molecule has 1 atom stereocenters. The first kappa shape index (κ1) is 13.2. The minimum Gasteiger partial charge on any atom is -0.492 e. The van der Waals surface area contributed by atoms with Crippen molar-refractivity contribution in [2.24, 2.45) is 0 Å². The molecule has 0 unspecified atom stereocenters. The lowest BCUT2D eigenvalue weighted by Crippen LogP contribution is -3.13. The summed E-state index contributed by atoms with van der Waals surface area (Å²) in [5.41, 5.74) is 0. The molecule has 1 saturated heterocycles. The Bertz CT molecular complexity index is 727. The second-order valence-electron chi connectivity index (χ2n) is 5.41. The summed E-state index contributed by atoms with van der Waals surface area (Å²) in [5.74, 6) is 0.254. The van der Waals surface area contributed by atoms with Crippen molar-refractivity contribution >= 4 is 27.6 Å². The number of nitrogens with one attached hydrogen (secondary N) is 1. The van der Waals surface area contributed by atoms with Crippen molar-refractivity contribution in [3.8, 4) is 5.88 Å². The van der Waals surface area contributed by atoms with Gasteiger partial charge in [0.15, 0.2) is 6.04 Å². The number of nitrogens with zero attached hydrogens (tertiary/aromatic N) is 3. The summed E-state index contributed by atoms with van der Waals surface area (Å²) in [6.45, 7) is 2.32. The maximum atomic E-state index is 10.5. The van der Waals surface area contributed by atoms with Gasteiger partial charge in [0.1, 0.15) is 11.2 Å². The van der Waals surface area contributed by atoms with Crippen molar-refractivity contribution < 1.29 is 10.0 Å². The third-order valence-electron chi connectivity index (χ3n) is 4.13. The first-order valence-electron chi connectivity index (χ1n) is 7.24. The van der Waals surface area contributed by atoms with E-state index < -0.39 is 0 Å². The van der Waals surface area contributed by atoms with Crippen molar-refractivity contribution in [3.05, 3.63) is 33.6 Å². The average Bonchev–Trinajstić information content (AvgIpc) is 3.22. The van der Waals surface area contributed by atoms with Gasteiger partial charge in [0, 0.05) is 0 Å². The zero-order valence-corrected chi connectivity index (χ0v) is 13.2. The maximum Gasteiger partial charge on any atom is 0.235 e. The van der Waals surface area contributed by atoms with E-state index in [-0.39, 0.29) is 11.9 Å². The van der Waals surface area contributed by atoms with Gasteiger partial charge in [0.25, 0.3) is 0 Å². The number of thiazole rings is 1. The molecule has 0 aromatic carbocycles. The summed E-state index contributed by atoms with van der Waals surface area (Å²) >= 11 is 3.32. The van der Waals surface area contributed by atoms with Crippen LogP contribution in [-0.2, 0) is 0 Å². The number of hydrogen-bond acceptors (Lipinski definition) is 5. The summed E-state index contributed by atoms with van der Waals surface area (Å²) in [5, 5.41) is 16.8. The molecule has 1 aliphatic heterocycles. The van der Waals surface area contributed by atoms with Gasteiger partial charge in [-0.25, -0.2) is 4.98 Å². The standard InChI is InChI=1S/C14H16N4OS2/c19-13-12(21-14-15-9-16-18(13)14)11(10-5-4-8-20-10)17-6-2-1-3-7-17/h4-5,8-9,11,19H,1-3,6-7H2/p+1/t11-/m1/s1. The highest BCUT2D eigenvalue weighted by Crippen LogP contribution is 2.36. The van der Waals surface area contributed by atoms with Crippen LogP contribution in [0.15, 0.2) is 23.8 Å². The fourth-order valence-electron chi connectivity index (χ4n) is 3.15. The van der Waals surface area contributed by atoms with Crippen LogP contribution in [0.25, 0.3) is 4.96 Å². The van der Waals surface area contributed by atoms with E-state index >= 15 is 0 Å². The highest BCUT2D eigenvalue weighted by atomic mass is 32.1. The number of rotatable bonds is 3. The molecule has 2 N–H and O–H groups in total. The van der Waals surface area contributed by atoms with Crippen LogP contribution < -0.4 is 4.90 Å². The van der Waals surface area contributed by atoms with Crippen molar-refractivity contribution in [2.45, 2.75) is 25.3 Å². The second kappa shape index (κ2) is 5.40. The van der Waals surface area contributed by atoms with Gasteiger partial charge in [-0.2, -0.15) is 9.61 Å². The van der Waals surface area contributed by atoms with Crippen molar-refractivity contribution in [3.63, 3.8) is 0 Å². The molecule has 0 bridgehead atoms.